The first-order valence-corrected chi connectivity index (χ1v) is 6.68. The summed E-state index contributed by atoms with van der Waals surface area (Å²) in [5.41, 5.74) is 3.50. The summed E-state index contributed by atoms with van der Waals surface area (Å²) in [5, 5.41) is 0. The van der Waals surface area contributed by atoms with Gasteiger partial charge in [0.2, 0.25) is 0 Å². The maximum absolute atomic E-state index is 4.69. The van der Waals surface area contributed by atoms with Gasteiger partial charge in [0, 0.05) is 17.9 Å². The molecule has 3 aromatic rings. The predicted octanol–water partition coefficient (Wildman–Crippen LogP) is 3.93. The lowest BCUT2D eigenvalue weighted by molar-refractivity contribution is 0.844. The van der Waals surface area contributed by atoms with Crippen LogP contribution in [0.5, 0.6) is 0 Å². The molecule has 1 aromatic heterocycles. The Labute approximate surface area is 114 Å². The van der Waals surface area contributed by atoms with Crippen molar-refractivity contribution in [2.24, 2.45) is 7.05 Å². The fourth-order valence-electron chi connectivity index (χ4n) is 2.15. The van der Waals surface area contributed by atoms with Crippen LogP contribution in [0.25, 0.3) is 11.0 Å². The van der Waals surface area contributed by atoms with Crippen molar-refractivity contribution < 1.29 is 0 Å². The molecule has 0 saturated carbocycles. The Balaban J connectivity index is 2.05. The average Bonchev–Trinajstić information content (AvgIpc) is 2.68. The Morgan fingerprint density at radius 1 is 1.11 bits per heavy atom. The Morgan fingerprint density at radius 2 is 1.89 bits per heavy atom. The first kappa shape index (κ1) is 11.5. The highest BCUT2D eigenvalue weighted by molar-refractivity contribution is 9.10. The Kier molecular flexibility index (Phi) is 2.92. The molecule has 2 nitrogen and oxygen atoms in total. The second kappa shape index (κ2) is 4.58. The molecule has 0 atom stereocenters. The van der Waals surface area contributed by atoms with E-state index >= 15 is 0 Å². The molecule has 0 unspecified atom stereocenters. The SMILES string of the molecule is Cn1c(Cc2ccccc2)nc2ccc(Br)cc21. The van der Waals surface area contributed by atoms with E-state index in [4.69, 9.17) is 4.98 Å². The molecule has 2 aromatic carbocycles. The van der Waals surface area contributed by atoms with Gasteiger partial charge in [-0.3, -0.25) is 0 Å². The first-order valence-electron chi connectivity index (χ1n) is 5.89. The van der Waals surface area contributed by atoms with Crippen molar-refractivity contribution in [1.29, 1.82) is 0 Å². The number of halogens is 1. The van der Waals surface area contributed by atoms with Crippen LogP contribution in [0, 0.1) is 0 Å². The van der Waals surface area contributed by atoms with E-state index in [2.05, 4.69) is 57.9 Å². The van der Waals surface area contributed by atoms with Crippen LogP contribution < -0.4 is 0 Å². The van der Waals surface area contributed by atoms with E-state index in [0.29, 0.717) is 0 Å². The Morgan fingerprint density at radius 3 is 2.67 bits per heavy atom. The van der Waals surface area contributed by atoms with Crippen molar-refractivity contribution in [3.63, 3.8) is 0 Å². The van der Waals surface area contributed by atoms with Crippen LogP contribution in [-0.4, -0.2) is 9.55 Å². The summed E-state index contributed by atoms with van der Waals surface area (Å²) < 4.78 is 3.25. The summed E-state index contributed by atoms with van der Waals surface area (Å²) >= 11 is 3.50. The van der Waals surface area contributed by atoms with Gasteiger partial charge >= 0.3 is 0 Å². The fourth-order valence-corrected chi connectivity index (χ4v) is 2.50. The summed E-state index contributed by atoms with van der Waals surface area (Å²) in [6.07, 6.45) is 0.865. The molecule has 0 aliphatic carbocycles. The third kappa shape index (κ3) is 2.06. The number of hydrogen-bond acceptors (Lipinski definition) is 1. The van der Waals surface area contributed by atoms with Crippen LogP contribution in [0.15, 0.2) is 53.0 Å². The zero-order valence-electron chi connectivity index (χ0n) is 10.1. The average molecular weight is 301 g/mol. The van der Waals surface area contributed by atoms with E-state index in [0.717, 1.165) is 27.8 Å². The fraction of sp³-hybridized carbons (Fsp3) is 0.133. The van der Waals surface area contributed by atoms with E-state index in [9.17, 15) is 0 Å². The van der Waals surface area contributed by atoms with E-state index in [1.54, 1.807) is 0 Å². The van der Waals surface area contributed by atoms with Crippen LogP contribution >= 0.6 is 15.9 Å². The molecule has 0 bridgehead atoms. The molecule has 0 radical (unpaired) electrons. The molecule has 0 amide bonds. The number of nitrogens with zero attached hydrogens (tertiary/aromatic N) is 2. The molecule has 90 valence electrons. The third-order valence-electron chi connectivity index (χ3n) is 3.14. The van der Waals surface area contributed by atoms with Gasteiger partial charge in [-0.2, -0.15) is 0 Å². The van der Waals surface area contributed by atoms with Gasteiger partial charge in [0.1, 0.15) is 5.82 Å². The van der Waals surface area contributed by atoms with Crippen LogP contribution in [-0.2, 0) is 13.5 Å². The van der Waals surface area contributed by atoms with Crippen LogP contribution in [0.3, 0.4) is 0 Å². The smallest absolute Gasteiger partial charge is 0.114 e. The maximum Gasteiger partial charge on any atom is 0.114 e. The van der Waals surface area contributed by atoms with Gasteiger partial charge in [0.15, 0.2) is 0 Å². The minimum atomic E-state index is 0.865. The second-order valence-electron chi connectivity index (χ2n) is 4.38. The third-order valence-corrected chi connectivity index (χ3v) is 3.63. The number of imidazole rings is 1. The van der Waals surface area contributed by atoms with E-state index < -0.39 is 0 Å². The van der Waals surface area contributed by atoms with Crippen molar-refractivity contribution in [3.05, 3.63) is 64.4 Å². The quantitative estimate of drug-likeness (QED) is 0.701. The minimum absolute atomic E-state index is 0.865. The topological polar surface area (TPSA) is 17.8 Å². The van der Waals surface area contributed by atoms with Crippen molar-refractivity contribution in [1.82, 2.24) is 9.55 Å². The van der Waals surface area contributed by atoms with Crippen LogP contribution in [0.4, 0.5) is 0 Å². The summed E-state index contributed by atoms with van der Waals surface area (Å²) in [6.45, 7) is 0. The molecule has 1 heterocycles. The molecule has 0 aliphatic rings. The molecule has 3 heteroatoms. The first-order chi connectivity index (χ1) is 8.74. The van der Waals surface area contributed by atoms with E-state index in [1.807, 2.05) is 18.2 Å². The summed E-state index contributed by atoms with van der Waals surface area (Å²) in [5.74, 6) is 1.09. The van der Waals surface area contributed by atoms with Gasteiger partial charge < -0.3 is 4.57 Å². The highest BCUT2D eigenvalue weighted by atomic mass is 79.9. The Bertz CT molecular complexity index is 686. The second-order valence-corrected chi connectivity index (χ2v) is 5.30. The maximum atomic E-state index is 4.69. The molecule has 0 fully saturated rings. The van der Waals surface area contributed by atoms with Gasteiger partial charge in [0.05, 0.1) is 11.0 Å². The number of aromatic nitrogens is 2. The van der Waals surface area contributed by atoms with Gasteiger partial charge in [-0.05, 0) is 23.8 Å². The van der Waals surface area contributed by atoms with Gasteiger partial charge in [-0.15, -0.1) is 0 Å². The highest BCUT2D eigenvalue weighted by Crippen LogP contribution is 2.21. The molecule has 0 N–H and O–H groups in total. The molecule has 3 rings (SSSR count). The van der Waals surface area contributed by atoms with E-state index in [1.165, 1.54) is 5.56 Å². The largest absolute Gasteiger partial charge is 0.331 e. The minimum Gasteiger partial charge on any atom is -0.331 e. The molecule has 0 aliphatic heterocycles. The number of fused-ring (bicyclic) bond motifs is 1. The number of benzene rings is 2. The van der Waals surface area contributed by atoms with Crippen molar-refractivity contribution in [3.8, 4) is 0 Å². The van der Waals surface area contributed by atoms with Crippen molar-refractivity contribution in [2.45, 2.75) is 6.42 Å². The molecule has 0 saturated heterocycles. The highest BCUT2D eigenvalue weighted by Gasteiger charge is 2.08. The number of rotatable bonds is 2. The lowest BCUT2D eigenvalue weighted by Crippen LogP contribution is -1.98. The predicted molar refractivity (Wildman–Crippen MR) is 77.7 cm³/mol. The monoisotopic (exact) mass is 300 g/mol. The molecular formula is C15H13BrN2. The normalized spacial score (nSPS) is 11.0. The van der Waals surface area contributed by atoms with Crippen molar-refractivity contribution >= 4 is 27.0 Å². The molecule has 0 spiro atoms. The zero-order valence-corrected chi connectivity index (χ0v) is 11.7. The Hall–Kier alpha value is -1.61. The van der Waals surface area contributed by atoms with E-state index in [-0.39, 0.29) is 0 Å². The number of hydrogen-bond donors (Lipinski definition) is 0. The van der Waals surface area contributed by atoms with Gasteiger partial charge in [-0.25, -0.2) is 4.98 Å². The van der Waals surface area contributed by atoms with Crippen LogP contribution in [0.1, 0.15) is 11.4 Å². The van der Waals surface area contributed by atoms with Crippen LogP contribution in [0.2, 0.25) is 0 Å². The summed E-state index contributed by atoms with van der Waals surface area (Å²) in [6, 6.07) is 16.6. The van der Waals surface area contributed by atoms with Crippen molar-refractivity contribution in [2.75, 3.05) is 0 Å². The molecule has 18 heavy (non-hydrogen) atoms. The number of aryl methyl sites for hydroxylation is 1. The lowest BCUT2D eigenvalue weighted by Gasteiger charge is -2.02. The van der Waals surface area contributed by atoms with Gasteiger partial charge in [-0.1, -0.05) is 46.3 Å². The molecular weight excluding hydrogens is 288 g/mol. The summed E-state index contributed by atoms with van der Waals surface area (Å²) in [4.78, 5) is 4.69. The van der Waals surface area contributed by atoms with Gasteiger partial charge in [0.25, 0.3) is 0 Å². The lowest BCUT2D eigenvalue weighted by atomic mass is 10.1. The summed E-state index contributed by atoms with van der Waals surface area (Å²) in [7, 11) is 2.07. The standard InChI is InChI=1S/C15H13BrN2/c1-18-14-10-12(16)7-8-13(14)17-15(18)9-11-5-3-2-4-6-11/h2-8,10H,9H2,1H3. The zero-order chi connectivity index (χ0) is 12.5.